The van der Waals surface area contributed by atoms with Gasteiger partial charge >= 0.3 is 0 Å². The van der Waals surface area contributed by atoms with Crippen LogP contribution in [0, 0.1) is 11.7 Å². The fourth-order valence-electron chi connectivity index (χ4n) is 3.18. The van der Waals surface area contributed by atoms with E-state index < -0.39 is 0 Å². The zero-order valence-electron chi connectivity index (χ0n) is 11.9. The summed E-state index contributed by atoms with van der Waals surface area (Å²) in [6, 6.07) is 1.39. The van der Waals surface area contributed by atoms with Crippen LogP contribution in [0.2, 0.25) is 0 Å². The molecular formula is C16H21FN2O. The minimum atomic E-state index is -0.361. The minimum absolute atomic E-state index is 0.361. The van der Waals surface area contributed by atoms with E-state index in [2.05, 4.69) is 16.9 Å². The number of unbranched alkanes of at least 4 members (excludes halogenated alkanes) is 1. The van der Waals surface area contributed by atoms with Gasteiger partial charge in [0, 0.05) is 12.0 Å². The highest BCUT2D eigenvalue weighted by Gasteiger charge is 2.25. The molecule has 0 spiro atoms. The Balaban J connectivity index is 1.67. The van der Waals surface area contributed by atoms with Gasteiger partial charge in [-0.05, 0) is 31.6 Å². The lowest BCUT2D eigenvalue weighted by Gasteiger charge is -2.26. The fraction of sp³-hybridized carbons (Fsp3) is 0.625. The Bertz CT molecular complexity index is 573. The molecule has 2 aromatic heterocycles. The minimum Gasteiger partial charge on any atom is -0.422 e. The monoisotopic (exact) mass is 276 g/mol. The van der Waals surface area contributed by atoms with Crippen molar-refractivity contribution in [3.05, 3.63) is 24.0 Å². The topological polar surface area (TPSA) is 38.9 Å². The first-order valence-electron chi connectivity index (χ1n) is 7.68. The summed E-state index contributed by atoms with van der Waals surface area (Å²) in [5.41, 5.74) is 0.989. The van der Waals surface area contributed by atoms with E-state index in [0.717, 1.165) is 24.7 Å². The molecule has 4 heteroatoms. The van der Waals surface area contributed by atoms with Gasteiger partial charge in [-0.25, -0.2) is 14.4 Å². The second-order valence-corrected chi connectivity index (χ2v) is 5.89. The number of rotatable bonds is 4. The van der Waals surface area contributed by atoms with Crippen molar-refractivity contribution in [1.29, 1.82) is 0 Å². The van der Waals surface area contributed by atoms with Gasteiger partial charge in [0.1, 0.15) is 11.3 Å². The van der Waals surface area contributed by atoms with E-state index in [4.69, 9.17) is 4.42 Å². The van der Waals surface area contributed by atoms with E-state index in [1.165, 1.54) is 44.4 Å². The van der Waals surface area contributed by atoms with Crippen molar-refractivity contribution in [2.24, 2.45) is 5.92 Å². The summed E-state index contributed by atoms with van der Waals surface area (Å²) in [6.45, 7) is 2.25. The first-order valence-corrected chi connectivity index (χ1v) is 7.68. The predicted molar refractivity (Wildman–Crippen MR) is 76.0 cm³/mol. The van der Waals surface area contributed by atoms with Crippen LogP contribution in [0.25, 0.3) is 11.2 Å². The number of halogens is 1. The first-order chi connectivity index (χ1) is 9.76. The molecule has 0 radical (unpaired) electrons. The lowest BCUT2D eigenvalue weighted by molar-refractivity contribution is 0.280. The summed E-state index contributed by atoms with van der Waals surface area (Å²) < 4.78 is 18.8. The largest absolute Gasteiger partial charge is 0.422 e. The summed E-state index contributed by atoms with van der Waals surface area (Å²) >= 11 is 0. The Morgan fingerprint density at radius 2 is 2.10 bits per heavy atom. The molecule has 0 aliphatic heterocycles. The highest BCUT2D eigenvalue weighted by molar-refractivity contribution is 5.67. The highest BCUT2D eigenvalue weighted by Crippen LogP contribution is 2.38. The molecule has 0 unspecified atom stereocenters. The molecule has 1 fully saturated rings. The predicted octanol–water partition coefficient (Wildman–Crippen LogP) is 4.83. The van der Waals surface area contributed by atoms with Crippen molar-refractivity contribution in [3.63, 3.8) is 0 Å². The van der Waals surface area contributed by atoms with E-state index in [1.807, 2.05) is 0 Å². The van der Waals surface area contributed by atoms with Gasteiger partial charge in [-0.2, -0.15) is 0 Å². The number of aromatic nitrogens is 2. The number of nitrogens with zero attached hydrogens (tertiary/aromatic N) is 2. The molecule has 2 heterocycles. The lowest BCUT2D eigenvalue weighted by Crippen LogP contribution is -2.13. The van der Waals surface area contributed by atoms with Gasteiger partial charge in [-0.1, -0.05) is 26.2 Å². The zero-order valence-corrected chi connectivity index (χ0v) is 11.9. The van der Waals surface area contributed by atoms with Gasteiger partial charge in [0.15, 0.2) is 0 Å². The molecule has 0 aromatic carbocycles. The summed E-state index contributed by atoms with van der Waals surface area (Å²) in [5.74, 6) is 1.63. The van der Waals surface area contributed by atoms with Crippen molar-refractivity contribution in [1.82, 2.24) is 9.97 Å². The second kappa shape index (κ2) is 5.90. The van der Waals surface area contributed by atoms with Gasteiger partial charge in [0.2, 0.25) is 11.6 Å². The van der Waals surface area contributed by atoms with Crippen molar-refractivity contribution in [2.75, 3.05) is 0 Å². The molecule has 0 saturated heterocycles. The molecule has 0 bridgehead atoms. The zero-order chi connectivity index (χ0) is 13.9. The van der Waals surface area contributed by atoms with Crippen LogP contribution in [0.3, 0.4) is 0 Å². The van der Waals surface area contributed by atoms with Gasteiger partial charge in [0.05, 0.1) is 6.20 Å². The molecular weight excluding hydrogens is 255 g/mol. The van der Waals surface area contributed by atoms with Crippen LogP contribution in [0.15, 0.2) is 16.7 Å². The van der Waals surface area contributed by atoms with Crippen LogP contribution in [-0.4, -0.2) is 9.97 Å². The number of pyridine rings is 1. The van der Waals surface area contributed by atoms with Crippen molar-refractivity contribution in [2.45, 2.75) is 57.8 Å². The van der Waals surface area contributed by atoms with Gasteiger partial charge in [-0.3, -0.25) is 0 Å². The van der Waals surface area contributed by atoms with Crippen LogP contribution in [-0.2, 0) is 0 Å². The van der Waals surface area contributed by atoms with E-state index in [0.29, 0.717) is 17.1 Å². The third-order valence-corrected chi connectivity index (χ3v) is 4.39. The Kier molecular flexibility index (Phi) is 3.99. The second-order valence-electron chi connectivity index (χ2n) is 5.89. The molecule has 0 amide bonds. The summed E-state index contributed by atoms with van der Waals surface area (Å²) in [4.78, 5) is 8.36. The smallest absolute Gasteiger partial charge is 0.247 e. The summed E-state index contributed by atoms with van der Waals surface area (Å²) in [7, 11) is 0. The van der Waals surface area contributed by atoms with E-state index in [-0.39, 0.29) is 5.82 Å². The Labute approximate surface area is 118 Å². The standard InChI is InChI=1S/C16H21FN2O/c1-2-3-4-11-5-7-12(8-6-11)15-19-14-9-13(17)10-18-16(14)20-15/h9-12H,2-8H2,1H3. The molecule has 2 aromatic rings. The first kappa shape index (κ1) is 13.5. The SMILES string of the molecule is CCCCC1CCC(c2nc3cc(F)cnc3o2)CC1. The van der Waals surface area contributed by atoms with Crippen LogP contribution in [0.1, 0.15) is 63.7 Å². The Morgan fingerprint density at radius 1 is 1.30 bits per heavy atom. The molecule has 3 rings (SSSR count). The Morgan fingerprint density at radius 3 is 2.85 bits per heavy atom. The number of oxazole rings is 1. The van der Waals surface area contributed by atoms with Gasteiger partial charge in [-0.15, -0.1) is 0 Å². The highest BCUT2D eigenvalue weighted by atomic mass is 19.1. The molecule has 1 aliphatic rings. The molecule has 0 atom stereocenters. The normalized spacial score (nSPS) is 23.3. The van der Waals surface area contributed by atoms with E-state index in [9.17, 15) is 4.39 Å². The lowest BCUT2D eigenvalue weighted by atomic mass is 9.80. The maximum Gasteiger partial charge on any atom is 0.247 e. The van der Waals surface area contributed by atoms with Gasteiger partial charge < -0.3 is 4.42 Å². The number of fused-ring (bicyclic) bond motifs is 1. The molecule has 3 nitrogen and oxygen atoms in total. The van der Waals surface area contributed by atoms with Crippen LogP contribution in [0.4, 0.5) is 4.39 Å². The van der Waals surface area contributed by atoms with Crippen LogP contribution >= 0.6 is 0 Å². The van der Waals surface area contributed by atoms with Gasteiger partial charge in [0.25, 0.3) is 0 Å². The average molecular weight is 276 g/mol. The average Bonchev–Trinajstić information content (AvgIpc) is 2.88. The fourth-order valence-corrected chi connectivity index (χ4v) is 3.18. The molecule has 1 aliphatic carbocycles. The van der Waals surface area contributed by atoms with Crippen molar-refractivity contribution < 1.29 is 8.81 Å². The van der Waals surface area contributed by atoms with E-state index >= 15 is 0 Å². The summed E-state index contributed by atoms with van der Waals surface area (Å²) in [6.07, 6.45) is 9.91. The Hall–Kier alpha value is -1.45. The molecule has 20 heavy (non-hydrogen) atoms. The van der Waals surface area contributed by atoms with E-state index in [1.54, 1.807) is 0 Å². The quantitative estimate of drug-likeness (QED) is 0.803. The van der Waals surface area contributed by atoms with Crippen LogP contribution < -0.4 is 0 Å². The number of hydrogen-bond acceptors (Lipinski definition) is 3. The molecule has 1 saturated carbocycles. The maximum atomic E-state index is 13.1. The molecule has 108 valence electrons. The van der Waals surface area contributed by atoms with Crippen molar-refractivity contribution >= 4 is 11.2 Å². The number of hydrogen-bond donors (Lipinski definition) is 0. The maximum absolute atomic E-state index is 13.1. The third kappa shape index (κ3) is 2.84. The third-order valence-electron chi connectivity index (χ3n) is 4.39. The molecule has 0 N–H and O–H groups in total. The van der Waals surface area contributed by atoms with Crippen LogP contribution in [0.5, 0.6) is 0 Å². The van der Waals surface area contributed by atoms with Crippen molar-refractivity contribution in [3.8, 4) is 0 Å². The summed E-state index contributed by atoms with van der Waals surface area (Å²) in [5, 5.41) is 0.